The molecule has 0 saturated carbocycles. The summed E-state index contributed by atoms with van der Waals surface area (Å²) in [7, 11) is -3.21. The molecule has 2 rings (SSSR count). The Hall–Kier alpha value is -1.82. The van der Waals surface area contributed by atoms with Crippen LogP contribution in [0.15, 0.2) is 28.8 Å². The Morgan fingerprint density at radius 3 is 2.35 bits per heavy atom. The van der Waals surface area contributed by atoms with Gasteiger partial charge in [-0.1, -0.05) is 43.3 Å². The first-order valence-corrected chi connectivity index (χ1v) is 8.36. The largest absolute Gasteiger partial charge is 0.380 e. The van der Waals surface area contributed by atoms with Gasteiger partial charge in [-0.05, 0) is 17.0 Å². The number of rotatable bonds is 4. The molecule has 0 aliphatic carbocycles. The van der Waals surface area contributed by atoms with Gasteiger partial charge in [-0.15, -0.1) is 0 Å². The maximum absolute atomic E-state index is 11.4. The van der Waals surface area contributed by atoms with Gasteiger partial charge in [-0.25, -0.2) is 8.42 Å². The van der Waals surface area contributed by atoms with Gasteiger partial charge < -0.3 is 10.3 Å². The van der Waals surface area contributed by atoms with Crippen molar-refractivity contribution >= 4 is 15.7 Å². The molecule has 1 aromatic heterocycles. The lowest BCUT2D eigenvalue weighted by Gasteiger charge is -2.07. The molecule has 6 heteroatoms. The number of aromatic nitrogens is 1. The van der Waals surface area contributed by atoms with Crippen LogP contribution in [0.2, 0.25) is 0 Å². The minimum atomic E-state index is -3.21. The number of hydrogen-bond acceptors (Lipinski definition) is 5. The number of nitrogens with zero attached hydrogens (tertiary/aromatic N) is 1. The van der Waals surface area contributed by atoms with E-state index in [9.17, 15) is 8.42 Å². The summed E-state index contributed by atoms with van der Waals surface area (Å²) >= 11 is 0. The molecule has 0 unspecified atom stereocenters. The lowest BCUT2D eigenvalue weighted by atomic mass is 9.99. The molecule has 0 fully saturated rings. The maximum atomic E-state index is 11.4. The zero-order valence-electron chi connectivity index (χ0n) is 11.8. The number of sulfone groups is 1. The van der Waals surface area contributed by atoms with E-state index in [4.69, 9.17) is 10.3 Å². The highest BCUT2D eigenvalue weighted by Crippen LogP contribution is 2.31. The number of hydrogen-bond donors (Lipinski definition) is 1. The van der Waals surface area contributed by atoms with Crippen LogP contribution >= 0.6 is 0 Å². The molecule has 0 aliphatic rings. The fraction of sp³-hybridized carbons (Fsp3) is 0.357. The third-order valence-corrected chi connectivity index (χ3v) is 3.84. The summed E-state index contributed by atoms with van der Waals surface area (Å²) in [5.74, 6) is 0.709. The van der Waals surface area contributed by atoms with Crippen molar-refractivity contribution in [1.29, 1.82) is 0 Å². The Labute approximate surface area is 118 Å². The summed E-state index contributed by atoms with van der Waals surface area (Å²) < 4.78 is 27.9. The van der Waals surface area contributed by atoms with Crippen molar-refractivity contribution in [3.05, 3.63) is 35.6 Å². The predicted molar refractivity (Wildman–Crippen MR) is 79.0 cm³/mol. The average Bonchev–Trinajstić information content (AvgIpc) is 2.68. The van der Waals surface area contributed by atoms with Crippen LogP contribution in [0.1, 0.15) is 31.1 Å². The van der Waals surface area contributed by atoms with E-state index in [1.807, 2.05) is 24.3 Å². The monoisotopic (exact) mass is 294 g/mol. The normalized spacial score (nSPS) is 12.0. The second-order valence-electron chi connectivity index (χ2n) is 5.21. The molecule has 0 atom stereocenters. The van der Waals surface area contributed by atoms with E-state index >= 15 is 0 Å². The van der Waals surface area contributed by atoms with Crippen LogP contribution < -0.4 is 5.73 Å². The number of benzene rings is 1. The van der Waals surface area contributed by atoms with Crippen molar-refractivity contribution in [3.8, 4) is 11.1 Å². The number of nitrogens with two attached hydrogens (primary N) is 1. The second-order valence-corrected chi connectivity index (χ2v) is 7.35. The number of anilines is 1. The Bertz CT molecular complexity index is 701. The predicted octanol–water partition coefficient (Wildman–Crippen LogP) is 2.59. The van der Waals surface area contributed by atoms with Gasteiger partial charge in [0.1, 0.15) is 5.75 Å². The fourth-order valence-corrected chi connectivity index (χ4v) is 2.69. The summed E-state index contributed by atoms with van der Waals surface area (Å²) in [6, 6.07) is 7.81. The summed E-state index contributed by atoms with van der Waals surface area (Å²) in [5.41, 5.74) is 8.37. The van der Waals surface area contributed by atoms with Crippen LogP contribution in [0.3, 0.4) is 0 Å². The van der Waals surface area contributed by atoms with Crippen molar-refractivity contribution in [2.24, 2.45) is 0 Å². The summed E-state index contributed by atoms with van der Waals surface area (Å²) in [5, 5.41) is 3.67. The maximum Gasteiger partial charge on any atom is 0.175 e. The second kappa shape index (κ2) is 5.28. The molecule has 5 nitrogen and oxygen atoms in total. The molecule has 108 valence electrons. The zero-order chi connectivity index (χ0) is 14.9. The molecular formula is C14H18N2O3S. The first kappa shape index (κ1) is 14.6. The van der Waals surface area contributed by atoms with E-state index in [2.05, 4.69) is 19.0 Å². The van der Waals surface area contributed by atoms with E-state index in [0.29, 0.717) is 11.5 Å². The molecular weight excluding hydrogens is 276 g/mol. The third-order valence-electron chi connectivity index (χ3n) is 3.05. The highest BCUT2D eigenvalue weighted by molar-refractivity contribution is 7.89. The van der Waals surface area contributed by atoms with Gasteiger partial charge in [-0.2, -0.15) is 0 Å². The Morgan fingerprint density at radius 2 is 1.85 bits per heavy atom. The Balaban J connectivity index is 2.44. The summed E-state index contributed by atoms with van der Waals surface area (Å²) in [4.78, 5) is 0. The molecule has 2 N–H and O–H groups in total. The van der Waals surface area contributed by atoms with Gasteiger partial charge >= 0.3 is 0 Å². The zero-order valence-corrected chi connectivity index (χ0v) is 12.6. The van der Waals surface area contributed by atoms with Gasteiger partial charge in [0, 0.05) is 6.26 Å². The summed E-state index contributed by atoms with van der Waals surface area (Å²) in [6.07, 6.45) is 1.15. The molecule has 0 bridgehead atoms. The molecule has 0 spiro atoms. The van der Waals surface area contributed by atoms with Gasteiger partial charge in [0.2, 0.25) is 0 Å². The van der Waals surface area contributed by atoms with E-state index < -0.39 is 9.84 Å². The van der Waals surface area contributed by atoms with Crippen LogP contribution in [0.5, 0.6) is 0 Å². The third kappa shape index (κ3) is 3.19. The van der Waals surface area contributed by atoms with E-state index in [1.165, 1.54) is 5.56 Å². The molecule has 0 amide bonds. The van der Waals surface area contributed by atoms with Crippen LogP contribution in [-0.4, -0.2) is 19.8 Å². The smallest absolute Gasteiger partial charge is 0.175 e. The molecule has 20 heavy (non-hydrogen) atoms. The number of nitrogen functional groups attached to an aromatic ring is 1. The SMILES string of the molecule is CC(C)c1ccc(-c2c(N)noc2CS(C)(=O)=O)cc1. The van der Waals surface area contributed by atoms with Gasteiger partial charge in [0.05, 0.1) is 5.56 Å². The first-order chi connectivity index (χ1) is 9.28. The van der Waals surface area contributed by atoms with Gasteiger partial charge in [0.25, 0.3) is 0 Å². The van der Waals surface area contributed by atoms with Gasteiger partial charge in [0.15, 0.2) is 21.4 Å². The van der Waals surface area contributed by atoms with Crippen LogP contribution in [0.4, 0.5) is 5.82 Å². The van der Waals surface area contributed by atoms with Crippen molar-refractivity contribution in [3.63, 3.8) is 0 Å². The Morgan fingerprint density at radius 1 is 1.25 bits per heavy atom. The van der Waals surface area contributed by atoms with Crippen molar-refractivity contribution in [1.82, 2.24) is 5.16 Å². The minimum Gasteiger partial charge on any atom is -0.380 e. The van der Waals surface area contributed by atoms with E-state index in [0.717, 1.165) is 11.8 Å². The highest BCUT2D eigenvalue weighted by Gasteiger charge is 2.19. The topological polar surface area (TPSA) is 86.2 Å². The van der Waals surface area contributed by atoms with Crippen molar-refractivity contribution < 1.29 is 12.9 Å². The molecule has 0 saturated heterocycles. The fourth-order valence-electron chi connectivity index (χ4n) is 2.02. The van der Waals surface area contributed by atoms with Crippen LogP contribution in [0, 0.1) is 0 Å². The highest BCUT2D eigenvalue weighted by atomic mass is 32.2. The average molecular weight is 294 g/mol. The molecule has 1 heterocycles. The molecule has 2 aromatic rings. The lowest BCUT2D eigenvalue weighted by Crippen LogP contribution is -2.01. The van der Waals surface area contributed by atoms with Crippen LogP contribution in [0.25, 0.3) is 11.1 Å². The van der Waals surface area contributed by atoms with E-state index in [-0.39, 0.29) is 17.3 Å². The lowest BCUT2D eigenvalue weighted by molar-refractivity contribution is 0.396. The van der Waals surface area contributed by atoms with Crippen LogP contribution in [-0.2, 0) is 15.6 Å². The Kier molecular flexibility index (Phi) is 3.85. The van der Waals surface area contributed by atoms with E-state index in [1.54, 1.807) is 0 Å². The first-order valence-electron chi connectivity index (χ1n) is 6.30. The van der Waals surface area contributed by atoms with Crippen molar-refractivity contribution in [2.45, 2.75) is 25.5 Å². The molecule has 0 aliphatic heterocycles. The molecule has 1 aromatic carbocycles. The minimum absolute atomic E-state index is 0.209. The quantitative estimate of drug-likeness (QED) is 0.936. The summed E-state index contributed by atoms with van der Waals surface area (Å²) in [6.45, 7) is 4.22. The standard InChI is InChI=1S/C14H18N2O3S/c1-9(2)10-4-6-11(7-5-10)13-12(8-20(3,17)18)19-16-14(13)15/h4-7,9H,8H2,1-3H3,(H2,15,16). The van der Waals surface area contributed by atoms with Crippen molar-refractivity contribution in [2.75, 3.05) is 12.0 Å². The molecule has 0 radical (unpaired) electrons. The van der Waals surface area contributed by atoms with Gasteiger partial charge in [-0.3, -0.25) is 0 Å².